The van der Waals surface area contributed by atoms with Crippen molar-refractivity contribution in [1.29, 1.82) is 0 Å². The molecule has 9 N–H and O–H groups in total. The van der Waals surface area contributed by atoms with Crippen molar-refractivity contribution in [3.63, 3.8) is 0 Å². The Balaban J connectivity index is -0.00000163. The molecular weight excluding hydrogens is 1360 g/mol. The summed E-state index contributed by atoms with van der Waals surface area (Å²) < 4.78 is 23.1. The van der Waals surface area contributed by atoms with E-state index in [0.717, 1.165) is 70.6 Å². The lowest BCUT2D eigenvalue weighted by atomic mass is 10.0. The zero-order chi connectivity index (χ0) is 79.5. The number of aliphatic hydroxyl groups is 5. The summed E-state index contributed by atoms with van der Waals surface area (Å²) in [5, 5.41) is 54.8. The van der Waals surface area contributed by atoms with Crippen LogP contribution in [0.25, 0.3) is 0 Å². The van der Waals surface area contributed by atoms with E-state index in [-0.39, 0.29) is 38.2 Å². The molecule has 638 valence electrons. The van der Waals surface area contributed by atoms with Gasteiger partial charge in [-0.1, -0.05) is 418 Å². The van der Waals surface area contributed by atoms with Gasteiger partial charge in [0.25, 0.3) is 7.82 Å². The minimum atomic E-state index is -4.57. The highest BCUT2D eigenvalue weighted by molar-refractivity contribution is 7.45. The minimum Gasteiger partial charge on any atom is -0.756 e. The lowest BCUT2D eigenvalue weighted by Gasteiger charge is -2.29. The number of phosphoric ester groups is 1. The van der Waals surface area contributed by atoms with Gasteiger partial charge in [-0.05, 0) is 51.4 Å². The van der Waals surface area contributed by atoms with Crippen molar-refractivity contribution in [2.75, 3.05) is 54.1 Å². The molecule has 0 aliphatic heterocycles. The van der Waals surface area contributed by atoms with Crippen LogP contribution in [0.2, 0.25) is 0 Å². The standard InChI is InChI=1S/C39H79N2O6P.C34H67NO3.C18H37NO2/c1-6-8-10-12-14-16-18-20-22-24-26-28-30-32-38(42)37(36-47-48(44,45)46-35-34-41(3,4)5)40-39(43)33-31-29-27-25-23-21-19-17-15-13-11-9-7-2;1-3-5-7-9-11-13-15-17-19-21-23-25-27-29-33(37)32(31-36)35-34(38)30-28-26-24-22-20-18-16-14-12-10-8-6-4-2;1-2-3-4-5-6-7-8-9-10-11-12-13-14-15-18(21)17(19)16-20/h30,32,37-38,42H,6-29,31,33-36H2,1-5H3,(H-,40,43,44,45);27,29,32-33,36-37H,3-26,28,30-31H2,1-2H3,(H,35,38);14-15,17-18,20-21H,2-13,16,19H2,1H3/b32-30+;29-27+;15-14+/t37-,38+;32-,33+;17-,18+/m000/s1. The molecule has 2 amide bonds. The van der Waals surface area contributed by atoms with Crippen molar-refractivity contribution in [1.82, 2.24) is 10.6 Å². The van der Waals surface area contributed by atoms with E-state index in [1.807, 2.05) is 39.4 Å². The number of rotatable bonds is 81. The summed E-state index contributed by atoms with van der Waals surface area (Å²) in [5.41, 5.74) is 5.51. The summed E-state index contributed by atoms with van der Waals surface area (Å²) in [6, 6.07) is -2.05. The number of quaternary nitrogens is 1. The third-order valence-electron chi connectivity index (χ3n) is 20.7. The predicted octanol–water partition coefficient (Wildman–Crippen LogP) is 23.3. The van der Waals surface area contributed by atoms with Gasteiger partial charge in [-0.15, -0.1) is 0 Å². The second kappa shape index (κ2) is 86.4. The number of nitrogens with zero attached hydrogens (tertiary/aromatic N) is 1. The summed E-state index contributed by atoms with van der Waals surface area (Å²) in [6.07, 6.45) is 88.3. The Hall–Kier alpha value is -2.01. The molecule has 1 unspecified atom stereocenters. The number of unbranched alkanes of at least 4 members (excludes halogenated alkanes) is 57. The molecule has 0 fully saturated rings. The van der Waals surface area contributed by atoms with Crippen LogP contribution >= 0.6 is 7.82 Å². The number of carbonyl (C=O) groups is 2. The van der Waals surface area contributed by atoms with Crippen LogP contribution in [-0.2, 0) is 23.2 Å². The van der Waals surface area contributed by atoms with Crippen LogP contribution in [0.3, 0.4) is 0 Å². The quantitative estimate of drug-likeness (QED) is 0.0123. The molecule has 0 saturated carbocycles. The average Bonchev–Trinajstić information content (AvgIpc) is 0.890. The number of hydrogen-bond donors (Lipinski definition) is 8. The summed E-state index contributed by atoms with van der Waals surface area (Å²) in [6.45, 7) is 11.0. The van der Waals surface area contributed by atoms with Gasteiger partial charge in [-0.3, -0.25) is 14.2 Å². The molecule has 0 aromatic heterocycles. The number of carbonyl (C=O) groups excluding carboxylic acids is 2. The maximum absolute atomic E-state index is 12.8. The first-order valence-electron chi connectivity index (χ1n) is 45.9. The van der Waals surface area contributed by atoms with Gasteiger partial charge in [0.1, 0.15) is 13.2 Å². The van der Waals surface area contributed by atoms with Crippen LogP contribution in [0.15, 0.2) is 36.5 Å². The maximum Gasteiger partial charge on any atom is 0.268 e. The molecule has 0 heterocycles. The van der Waals surface area contributed by atoms with E-state index in [2.05, 4.69) is 45.3 Å². The Morgan fingerprint density at radius 3 is 0.850 bits per heavy atom. The Bertz CT molecular complexity index is 1940. The lowest BCUT2D eigenvalue weighted by Crippen LogP contribution is -2.45. The van der Waals surface area contributed by atoms with Crippen LogP contribution in [0.1, 0.15) is 446 Å². The number of nitrogens with two attached hydrogens (primary N) is 1. The Morgan fingerprint density at radius 2 is 0.598 bits per heavy atom. The lowest BCUT2D eigenvalue weighted by molar-refractivity contribution is -0.870. The highest BCUT2D eigenvalue weighted by atomic mass is 31.2. The molecule has 0 aromatic carbocycles. The summed E-state index contributed by atoms with van der Waals surface area (Å²) in [7, 11) is 1.27. The molecule has 0 aliphatic rings. The summed E-state index contributed by atoms with van der Waals surface area (Å²) in [4.78, 5) is 37.4. The fourth-order valence-electron chi connectivity index (χ4n) is 13.3. The molecular formula is C91H183N4O11P. The number of phosphoric acid groups is 1. The molecule has 15 nitrogen and oxygen atoms in total. The van der Waals surface area contributed by atoms with Crippen LogP contribution < -0.4 is 21.3 Å². The smallest absolute Gasteiger partial charge is 0.268 e. The van der Waals surface area contributed by atoms with Crippen LogP contribution in [0.5, 0.6) is 0 Å². The van der Waals surface area contributed by atoms with Crippen molar-refractivity contribution >= 4 is 19.6 Å². The largest absolute Gasteiger partial charge is 0.756 e. The molecule has 0 saturated heterocycles. The van der Waals surface area contributed by atoms with Gasteiger partial charge in [-0.2, -0.15) is 0 Å². The molecule has 0 radical (unpaired) electrons. The minimum absolute atomic E-state index is 0.00175. The normalized spacial score (nSPS) is 14.2. The molecule has 0 rings (SSSR count). The van der Waals surface area contributed by atoms with E-state index < -0.39 is 44.3 Å². The zero-order valence-corrected chi connectivity index (χ0v) is 72.8. The van der Waals surface area contributed by atoms with Crippen molar-refractivity contribution in [2.45, 2.75) is 482 Å². The highest BCUT2D eigenvalue weighted by Crippen LogP contribution is 2.38. The fourth-order valence-corrected chi connectivity index (χ4v) is 14.0. The predicted molar refractivity (Wildman–Crippen MR) is 458 cm³/mol. The van der Waals surface area contributed by atoms with Crippen molar-refractivity contribution in [2.24, 2.45) is 5.73 Å². The molecule has 7 atom stereocenters. The van der Waals surface area contributed by atoms with E-state index >= 15 is 0 Å². The summed E-state index contributed by atoms with van der Waals surface area (Å²) >= 11 is 0. The van der Waals surface area contributed by atoms with Gasteiger partial charge >= 0.3 is 0 Å². The van der Waals surface area contributed by atoms with Gasteiger partial charge < -0.3 is 60.3 Å². The van der Waals surface area contributed by atoms with Crippen LogP contribution in [0, 0.1) is 0 Å². The van der Waals surface area contributed by atoms with E-state index in [9.17, 15) is 39.5 Å². The van der Waals surface area contributed by atoms with Gasteiger partial charge in [-0.25, -0.2) is 0 Å². The monoisotopic (exact) mass is 1540 g/mol. The average molecular weight is 1540 g/mol. The Kier molecular flexibility index (Phi) is 88.1. The van der Waals surface area contributed by atoms with Crippen molar-refractivity contribution in [3.05, 3.63) is 36.5 Å². The molecule has 0 aromatic rings. The molecule has 107 heavy (non-hydrogen) atoms. The van der Waals surface area contributed by atoms with E-state index in [1.54, 1.807) is 18.2 Å². The summed E-state index contributed by atoms with van der Waals surface area (Å²) in [5.74, 6) is -0.263. The molecule has 0 aliphatic carbocycles. The van der Waals surface area contributed by atoms with Gasteiger partial charge in [0.15, 0.2) is 0 Å². The SMILES string of the molecule is CCCCCCCCCCCCC/C=C/[C@@H](O)[C@@H](N)CO.CCCCCCCCCCCCC/C=C/[C@@H](O)[C@H](CO)NC(=O)CCCCCCCCCCCCCCC.CCCCCCCCCCCCC/C=C/[C@@H](O)[C@H](COP(=O)([O-])OCC[N+](C)(C)C)NC(=O)CCCCCCCCCCCCCCC. The van der Waals surface area contributed by atoms with E-state index in [1.165, 1.54) is 327 Å². The second-order valence-corrected chi connectivity index (χ2v) is 34.1. The first kappa shape index (κ1) is 109. The van der Waals surface area contributed by atoms with Crippen LogP contribution in [-0.4, -0.2) is 132 Å². The van der Waals surface area contributed by atoms with Gasteiger partial charge in [0, 0.05) is 12.8 Å². The first-order valence-corrected chi connectivity index (χ1v) is 47.3. The number of amides is 2. The molecule has 0 bridgehead atoms. The number of likely N-dealkylation sites (N-methyl/N-ethyl adjacent to an activating group) is 1. The molecule has 0 spiro atoms. The first-order chi connectivity index (χ1) is 51.9. The highest BCUT2D eigenvalue weighted by Gasteiger charge is 2.24. The maximum atomic E-state index is 12.8. The van der Waals surface area contributed by atoms with Crippen molar-refractivity contribution in [3.8, 4) is 0 Å². The topological polar surface area (TPSA) is 244 Å². The number of nitrogens with one attached hydrogen (secondary N) is 2. The molecule has 16 heteroatoms. The number of hydrogen-bond acceptors (Lipinski definition) is 12. The number of aliphatic hydroxyl groups excluding tert-OH is 5. The van der Waals surface area contributed by atoms with Crippen molar-refractivity contribution < 1.29 is 58.1 Å². The van der Waals surface area contributed by atoms with Gasteiger partial charge in [0.05, 0.1) is 77.4 Å². The fraction of sp³-hybridized carbons (Fsp3) is 0.912. The van der Waals surface area contributed by atoms with E-state index in [0.29, 0.717) is 23.9 Å². The second-order valence-electron chi connectivity index (χ2n) is 32.7. The van der Waals surface area contributed by atoms with Gasteiger partial charge in [0.2, 0.25) is 11.8 Å². The third kappa shape index (κ3) is 87.8. The zero-order valence-electron chi connectivity index (χ0n) is 71.9. The van der Waals surface area contributed by atoms with Crippen LogP contribution in [0.4, 0.5) is 0 Å². The Morgan fingerprint density at radius 1 is 0.364 bits per heavy atom. The number of allylic oxidation sites excluding steroid dienone is 3. The Labute approximate surface area is 663 Å². The van der Waals surface area contributed by atoms with E-state index in [4.69, 9.17) is 19.9 Å². The third-order valence-corrected chi connectivity index (χ3v) is 21.7.